The standard InChI is InChI=1S/C21H19Cl2N3O3S.Na/c1-2-26(14-15-6-4-3-5-7-15)17-10-8-16(9-11-17)24-25-20-12-19(23)21(13-18(20)22)30(27,28)29;/h3-13H,2,14H2,1H3,(H,27,28,29);/q;+1/p-1. The third kappa shape index (κ3) is 7.02. The Morgan fingerprint density at radius 1 is 0.935 bits per heavy atom. The van der Waals surface area contributed by atoms with E-state index in [1.54, 1.807) is 0 Å². The molecule has 0 fully saturated rings. The number of rotatable bonds is 7. The van der Waals surface area contributed by atoms with Crippen molar-refractivity contribution in [1.82, 2.24) is 0 Å². The van der Waals surface area contributed by atoms with Gasteiger partial charge >= 0.3 is 29.6 Å². The van der Waals surface area contributed by atoms with E-state index >= 15 is 0 Å². The van der Waals surface area contributed by atoms with Gasteiger partial charge in [-0.2, -0.15) is 5.11 Å². The van der Waals surface area contributed by atoms with Crippen LogP contribution in [0.5, 0.6) is 0 Å². The van der Waals surface area contributed by atoms with E-state index < -0.39 is 15.0 Å². The smallest absolute Gasteiger partial charge is 0.744 e. The van der Waals surface area contributed by atoms with Gasteiger partial charge in [-0.25, -0.2) is 8.42 Å². The van der Waals surface area contributed by atoms with Crippen LogP contribution in [0.2, 0.25) is 10.0 Å². The summed E-state index contributed by atoms with van der Waals surface area (Å²) in [5.74, 6) is 0. The molecule has 0 saturated heterocycles. The minimum atomic E-state index is -4.72. The molecule has 31 heavy (non-hydrogen) atoms. The van der Waals surface area contributed by atoms with Crippen molar-refractivity contribution in [2.75, 3.05) is 11.4 Å². The van der Waals surface area contributed by atoms with Crippen LogP contribution in [0, 0.1) is 0 Å². The average Bonchev–Trinajstić information content (AvgIpc) is 2.73. The number of hydrogen-bond donors (Lipinski definition) is 0. The van der Waals surface area contributed by atoms with Crippen LogP contribution < -0.4 is 34.5 Å². The van der Waals surface area contributed by atoms with Gasteiger partial charge in [0.2, 0.25) is 0 Å². The largest absolute Gasteiger partial charge is 1.00 e. The topological polar surface area (TPSA) is 85.2 Å². The van der Waals surface area contributed by atoms with E-state index in [1.165, 1.54) is 11.6 Å². The predicted octanol–water partition coefficient (Wildman–Crippen LogP) is 3.34. The summed E-state index contributed by atoms with van der Waals surface area (Å²) in [5.41, 5.74) is 3.02. The van der Waals surface area contributed by atoms with Gasteiger partial charge in [0.25, 0.3) is 0 Å². The summed E-state index contributed by atoms with van der Waals surface area (Å²) in [4.78, 5) is 1.64. The maximum Gasteiger partial charge on any atom is 1.00 e. The zero-order chi connectivity index (χ0) is 21.7. The van der Waals surface area contributed by atoms with Crippen LogP contribution in [0.25, 0.3) is 0 Å². The Kier molecular flexibility index (Phi) is 9.51. The van der Waals surface area contributed by atoms with Gasteiger partial charge in [-0.05, 0) is 48.9 Å². The van der Waals surface area contributed by atoms with Gasteiger partial charge in [0.1, 0.15) is 15.8 Å². The molecule has 0 amide bonds. The molecule has 0 radical (unpaired) electrons. The van der Waals surface area contributed by atoms with Crippen molar-refractivity contribution < 1.29 is 42.5 Å². The molecule has 3 aromatic carbocycles. The van der Waals surface area contributed by atoms with E-state index in [-0.39, 0.29) is 45.3 Å². The van der Waals surface area contributed by atoms with Gasteiger partial charge in [-0.1, -0.05) is 53.5 Å². The van der Waals surface area contributed by atoms with Gasteiger partial charge in [0, 0.05) is 18.8 Å². The maximum atomic E-state index is 11.2. The molecule has 0 atom stereocenters. The molecule has 10 heteroatoms. The van der Waals surface area contributed by atoms with Crippen LogP contribution in [0.4, 0.5) is 17.1 Å². The number of azo groups is 1. The minimum Gasteiger partial charge on any atom is -0.744 e. The van der Waals surface area contributed by atoms with Gasteiger partial charge < -0.3 is 9.45 Å². The molecule has 3 rings (SSSR count). The molecule has 0 saturated carbocycles. The second-order valence-corrected chi connectivity index (χ2v) is 8.57. The van der Waals surface area contributed by atoms with Crippen LogP contribution in [0.3, 0.4) is 0 Å². The predicted molar refractivity (Wildman–Crippen MR) is 118 cm³/mol. The molecule has 0 aromatic heterocycles. The van der Waals surface area contributed by atoms with E-state index in [0.717, 1.165) is 24.8 Å². The molecule has 0 unspecified atom stereocenters. The SMILES string of the molecule is CCN(Cc1ccccc1)c1ccc(N=Nc2cc(Cl)c(S(=O)(=O)[O-])cc2Cl)cc1.[Na+]. The maximum absolute atomic E-state index is 11.2. The number of benzene rings is 3. The van der Waals surface area contributed by atoms with Gasteiger partial charge in [0.15, 0.2) is 0 Å². The first-order chi connectivity index (χ1) is 14.3. The van der Waals surface area contributed by atoms with E-state index in [2.05, 4.69) is 34.2 Å². The van der Waals surface area contributed by atoms with Crippen molar-refractivity contribution in [3.05, 3.63) is 82.3 Å². The Hall–Kier alpha value is -1.45. The minimum absolute atomic E-state index is 0. The summed E-state index contributed by atoms with van der Waals surface area (Å²) in [5, 5.41) is 7.85. The summed E-state index contributed by atoms with van der Waals surface area (Å²) < 4.78 is 33.5. The Bertz CT molecular complexity index is 1160. The Morgan fingerprint density at radius 2 is 1.58 bits per heavy atom. The van der Waals surface area contributed by atoms with E-state index in [0.29, 0.717) is 5.69 Å². The van der Waals surface area contributed by atoms with Gasteiger partial charge in [-0.15, -0.1) is 5.11 Å². The first-order valence-corrected chi connectivity index (χ1v) is 11.2. The number of hydrogen-bond acceptors (Lipinski definition) is 6. The third-order valence-electron chi connectivity index (χ3n) is 4.36. The second kappa shape index (κ2) is 11.4. The molecule has 0 N–H and O–H groups in total. The number of anilines is 1. The molecule has 0 heterocycles. The Morgan fingerprint density at radius 3 is 2.16 bits per heavy atom. The first kappa shape index (κ1) is 25.8. The van der Waals surface area contributed by atoms with E-state index in [1.807, 2.05) is 42.5 Å². The Balaban J connectivity index is 0.00000341. The van der Waals surface area contributed by atoms with Crippen LogP contribution in [-0.2, 0) is 16.7 Å². The number of halogens is 2. The monoisotopic (exact) mass is 485 g/mol. The zero-order valence-corrected chi connectivity index (χ0v) is 21.3. The summed E-state index contributed by atoms with van der Waals surface area (Å²) in [7, 11) is -4.72. The van der Waals surface area contributed by atoms with Crippen molar-refractivity contribution in [2.45, 2.75) is 18.4 Å². The fraction of sp³-hybridized carbons (Fsp3) is 0.143. The van der Waals surface area contributed by atoms with E-state index in [4.69, 9.17) is 23.2 Å². The van der Waals surface area contributed by atoms with Crippen molar-refractivity contribution in [2.24, 2.45) is 10.2 Å². The van der Waals surface area contributed by atoms with Gasteiger partial charge in [0.05, 0.1) is 20.6 Å². The van der Waals surface area contributed by atoms with Crippen LogP contribution in [0.1, 0.15) is 12.5 Å². The fourth-order valence-electron chi connectivity index (χ4n) is 2.82. The van der Waals surface area contributed by atoms with Crippen LogP contribution >= 0.6 is 23.2 Å². The molecule has 0 bridgehead atoms. The molecule has 6 nitrogen and oxygen atoms in total. The van der Waals surface area contributed by atoms with Crippen molar-refractivity contribution in [3.63, 3.8) is 0 Å². The molecule has 0 aliphatic rings. The quantitative estimate of drug-likeness (QED) is 0.291. The summed E-state index contributed by atoms with van der Waals surface area (Å²) in [6.07, 6.45) is 0. The molecule has 0 aliphatic heterocycles. The molecule has 0 spiro atoms. The van der Waals surface area contributed by atoms with Gasteiger partial charge in [-0.3, -0.25) is 0 Å². The molecular formula is C21H18Cl2N3NaO3S. The second-order valence-electron chi connectivity index (χ2n) is 6.40. The molecule has 0 aliphatic carbocycles. The molecular weight excluding hydrogens is 468 g/mol. The Labute approximate surface area is 213 Å². The summed E-state index contributed by atoms with van der Waals surface area (Å²) in [6.45, 7) is 3.73. The normalized spacial score (nSPS) is 11.4. The number of nitrogens with zero attached hydrogens (tertiary/aromatic N) is 3. The summed E-state index contributed by atoms with van der Waals surface area (Å²) in [6, 6.07) is 19.9. The zero-order valence-electron chi connectivity index (χ0n) is 17.0. The molecule has 3 aromatic rings. The van der Waals surface area contributed by atoms with Crippen molar-refractivity contribution in [1.29, 1.82) is 0 Å². The summed E-state index contributed by atoms with van der Waals surface area (Å²) >= 11 is 11.9. The fourth-order valence-corrected chi connectivity index (χ4v) is 4.08. The molecule has 156 valence electrons. The first-order valence-electron chi connectivity index (χ1n) is 9.03. The third-order valence-corrected chi connectivity index (χ3v) is 5.96. The van der Waals surface area contributed by atoms with E-state index in [9.17, 15) is 13.0 Å². The van der Waals surface area contributed by atoms with Crippen molar-refractivity contribution in [3.8, 4) is 0 Å². The van der Waals surface area contributed by atoms with Crippen LogP contribution in [-0.4, -0.2) is 19.5 Å². The van der Waals surface area contributed by atoms with Crippen molar-refractivity contribution >= 4 is 50.4 Å². The average molecular weight is 486 g/mol. The van der Waals surface area contributed by atoms with Crippen LogP contribution in [0.15, 0.2) is 81.9 Å².